The molecule has 4 aromatic carbocycles. The van der Waals surface area contributed by atoms with Crippen molar-refractivity contribution in [1.29, 1.82) is 0 Å². The van der Waals surface area contributed by atoms with Crippen LogP contribution in [0.3, 0.4) is 0 Å². The molecule has 5 aliphatic heterocycles. The Hall–Kier alpha value is -5.07. The third-order valence-electron chi connectivity index (χ3n) is 10.8. The number of halogens is 2. The largest absolute Gasteiger partial charge is 2.00 e. The van der Waals surface area contributed by atoms with Gasteiger partial charge in [0.15, 0.2) is 58.7 Å². The van der Waals surface area contributed by atoms with Gasteiger partial charge >= 0.3 is 23.1 Å². The van der Waals surface area contributed by atoms with E-state index in [2.05, 4.69) is 84.3 Å². The molecule has 1 atom stereocenters. The zero-order chi connectivity index (χ0) is 38.9. The van der Waals surface area contributed by atoms with Crippen LogP contribution in [0.25, 0.3) is 33.8 Å². The second-order valence-electron chi connectivity index (χ2n) is 13.7. The van der Waals surface area contributed by atoms with Gasteiger partial charge in [0.05, 0.1) is 45.4 Å². The SMILES string of the molecule is C.C=CCC1c2c(ccc(OC)c2OC)C=C2c3cc4c(cc3CCN21)OCO4.C=C[CH2-].COc1ccc2cc3[n+](cc2c1OC)CCc1cc2c(cc1-3)OCO2.[Cl-].[Cl-].[Mg+2]. The van der Waals surface area contributed by atoms with E-state index in [0.29, 0.717) is 13.6 Å². The number of ether oxygens (including phenoxy) is 8. The molecule has 6 heterocycles. The van der Waals surface area contributed by atoms with Crippen molar-refractivity contribution in [3.8, 4) is 57.3 Å². The average molecular weight is 866 g/mol. The Morgan fingerprint density at radius 1 is 0.767 bits per heavy atom. The summed E-state index contributed by atoms with van der Waals surface area (Å²) in [4.78, 5) is 2.45. The number of nitrogens with zero attached hydrogens (tertiary/aromatic N) is 2. The predicted octanol–water partition coefficient (Wildman–Crippen LogP) is 2.79. The van der Waals surface area contributed by atoms with Crippen molar-refractivity contribution < 1.29 is 67.3 Å². The van der Waals surface area contributed by atoms with Crippen LogP contribution in [0.2, 0.25) is 0 Å². The van der Waals surface area contributed by atoms with Crippen LogP contribution in [-0.4, -0.2) is 76.5 Å². The fourth-order valence-corrected chi connectivity index (χ4v) is 8.34. The maximum absolute atomic E-state index is 5.77. The zero-order valence-electron chi connectivity index (χ0n) is 33.8. The quantitative estimate of drug-likeness (QED) is 0.111. The summed E-state index contributed by atoms with van der Waals surface area (Å²) in [5.41, 5.74) is 9.72. The van der Waals surface area contributed by atoms with E-state index in [1.54, 1.807) is 28.4 Å². The molecule has 0 saturated carbocycles. The van der Waals surface area contributed by atoms with Gasteiger partial charge in [-0.05, 0) is 83.5 Å². The number of benzene rings is 4. The minimum atomic E-state index is 0. The smallest absolute Gasteiger partial charge is 1.00 e. The number of allylic oxidation sites excluding steroid dienone is 1. The number of hydrogen-bond donors (Lipinski definition) is 0. The maximum Gasteiger partial charge on any atom is 2.00 e. The molecular weight excluding hydrogens is 816 g/mol. The first kappa shape index (κ1) is 47.6. The first-order chi connectivity index (χ1) is 27.4. The molecule has 0 spiro atoms. The summed E-state index contributed by atoms with van der Waals surface area (Å²) in [5.74, 6) is 6.41. The molecule has 0 saturated heterocycles. The van der Waals surface area contributed by atoms with E-state index in [9.17, 15) is 0 Å². The molecule has 0 N–H and O–H groups in total. The molecule has 0 amide bonds. The summed E-state index contributed by atoms with van der Waals surface area (Å²) in [6.45, 7) is 12.9. The van der Waals surface area contributed by atoms with E-state index in [1.165, 1.54) is 39.7 Å². The summed E-state index contributed by atoms with van der Waals surface area (Å²) in [7, 11) is 6.72. The standard InChI is InChI=1S/C23H23NO4.C20H18NO4.C3H5.CH4.2ClH.Mg/c1-4-5-17-22-15(6-7-19(25-2)23(22)26-3)10-18-16-12-21-20(27-13-28-21)11-14(16)8-9-24(17)18;1-22-17-4-3-12-7-16-14-9-19-18(24-11-25-19)8-13(14)5-6-21(16)10-15(12)20(17)23-2;1-3-2;;;;/h4,6-7,10-12,17H,1,5,8-9,13H2,2-3H3;3-4,7-10H,5-6,11H2,1-2H3;3H,1-2H2;1H4;2*1H;/q;+1;-1;;;;+2/p-2. The minimum Gasteiger partial charge on any atom is -1.00 e. The van der Waals surface area contributed by atoms with E-state index in [0.717, 1.165) is 100 Å². The van der Waals surface area contributed by atoms with Crippen LogP contribution in [0.15, 0.2) is 86.1 Å². The topological polar surface area (TPSA) is 81.0 Å². The Morgan fingerprint density at radius 2 is 1.33 bits per heavy atom. The minimum absolute atomic E-state index is 0. The van der Waals surface area contributed by atoms with E-state index < -0.39 is 0 Å². The summed E-state index contributed by atoms with van der Waals surface area (Å²) >= 11 is 0. The molecule has 60 heavy (non-hydrogen) atoms. The van der Waals surface area contributed by atoms with Crippen LogP contribution >= 0.6 is 0 Å². The molecule has 0 radical (unpaired) electrons. The van der Waals surface area contributed by atoms with Gasteiger partial charge in [-0.3, -0.25) is 0 Å². The van der Waals surface area contributed by atoms with Gasteiger partial charge in [0.25, 0.3) is 0 Å². The Labute approximate surface area is 381 Å². The normalized spacial score (nSPS) is 14.8. The number of rotatable bonds is 6. The second kappa shape index (κ2) is 20.5. The first-order valence-electron chi connectivity index (χ1n) is 18.6. The maximum atomic E-state index is 5.77. The summed E-state index contributed by atoms with van der Waals surface area (Å²) in [6, 6.07) is 18.9. The Bertz CT molecular complexity index is 2400. The molecule has 5 aliphatic rings. The Morgan fingerprint density at radius 3 is 1.93 bits per heavy atom. The van der Waals surface area contributed by atoms with E-state index in [-0.39, 0.29) is 61.3 Å². The van der Waals surface area contributed by atoms with Crippen molar-refractivity contribution in [2.75, 3.05) is 48.6 Å². The molecule has 10 nitrogen and oxygen atoms in total. The third-order valence-corrected chi connectivity index (χ3v) is 10.8. The average Bonchev–Trinajstić information content (AvgIpc) is 3.90. The second-order valence-corrected chi connectivity index (χ2v) is 13.7. The van der Waals surface area contributed by atoms with Crippen molar-refractivity contribution in [3.05, 3.63) is 121 Å². The van der Waals surface area contributed by atoms with Crippen LogP contribution in [0.4, 0.5) is 0 Å². The van der Waals surface area contributed by atoms with Gasteiger partial charge in [-0.1, -0.05) is 19.6 Å². The van der Waals surface area contributed by atoms with Gasteiger partial charge in [-0.25, -0.2) is 19.6 Å². The van der Waals surface area contributed by atoms with Crippen LogP contribution in [0.1, 0.15) is 47.7 Å². The van der Waals surface area contributed by atoms with Crippen LogP contribution in [-0.2, 0) is 19.4 Å². The van der Waals surface area contributed by atoms with Gasteiger partial charge in [0, 0.05) is 35.9 Å². The van der Waals surface area contributed by atoms with Crippen molar-refractivity contribution >= 4 is 45.6 Å². The molecule has 312 valence electrons. The number of fused-ring (bicyclic) bond motifs is 10. The molecule has 10 rings (SSSR count). The van der Waals surface area contributed by atoms with Gasteiger partial charge in [-0.2, -0.15) is 4.57 Å². The Balaban J connectivity index is 0.000000235. The van der Waals surface area contributed by atoms with Crippen molar-refractivity contribution in [2.45, 2.75) is 39.3 Å². The fourth-order valence-electron chi connectivity index (χ4n) is 8.34. The van der Waals surface area contributed by atoms with Crippen LogP contribution in [0, 0.1) is 6.92 Å². The number of hydrogen-bond acceptors (Lipinski definition) is 9. The van der Waals surface area contributed by atoms with E-state index in [4.69, 9.17) is 37.9 Å². The van der Waals surface area contributed by atoms with E-state index >= 15 is 0 Å². The van der Waals surface area contributed by atoms with Gasteiger partial charge in [0.2, 0.25) is 19.3 Å². The zero-order valence-corrected chi connectivity index (χ0v) is 36.7. The molecule has 13 heteroatoms. The summed E-state index contributed by atoms with van der Waals surface area (Å²) in [6.07, 6.45) is 10.6. The van der Waals surface area contributed by atoms with Crippen molar-refractivity contribution in [3.63, 3.8) is 0 Å². The number of aromatic nitrogens is 1. The molecule has 1 aromatic heterocycles. The van der Waals surface area contributed by atoms with Crippen molar-refractivity contribution in [2.24, 2.45) is 0 Å². The fraction of sp³-hybridized carbons (Fsp3) is 0.277. The van der Waals surface area contributed by atoms with E-state index in [1.807, 2.05) is 18.2 Å². The molecule has 0 fully saturated rings. The molecule has 0 aliphatic carbocycles. The monoisotopic (exact) mass is 864 g/mol. The summed E-state index contributed by atoms with van der Waals surface area (Å²) in [5, 5.41) is 2.17. The van der Waals surface area contributed by atoms with Crippen molar-refractivity contribution in [1.82, 2.24) is 4.90 Å². The molecule has 5 aromatic rings. The first-order valence-corrected chi connectivity index (χ1v) is 18.6. The molecular formula is C47H50Cl2MgN2O8. The van der Waals surface area contributed by atoms with Crippen LogP contribution in [0.5, 0.6) is 46.0 Å². The van der Waals surface area contributed by atoms with Gasteiger partial charge in [-0.15, -0.1) is 6.58 Å². The molecule has 1 unspecified atom stereocenters. The summed E-state index contributed by atoms with van der Waals surface area (Å²) < 4.78 is 46.9. The van der Waals surface area contributed by atoms with Crippen LogP contribution < -0.4 is 67.3 Å². The van der Waals surface area contributed by atoms with Gasteiger partial charge < -0.3 is 67.6 Å². The third kappa shape index (κ3) is 8.45. The molecule has 0 bridgehead atoms. The number of aryl methyl sites for hydroxylation is 2. The number of methoxy groups -OCH3 is 4. The predicted molar refractivity (Wildman–Crippen MR) is 228 cm³/mol. The number of pyridine rings is 1. The Kier molecular flexibility index (Phi) is 16.2. The van der Waals surface area contributed by atoms with Gasteiger partial charge in [0.1, 0.15) is 0 Å².